The van der Waals surface area contributed by atoms with E-state index in [2.05, 4.69) is 20.8 Å². The summed E-state index contributed by atoms with van der Waals surface area (Å²) < 4.78 is 6.73. The van der Waals surface area contributed by atoms with Crippen molar-refractivity contribution < 1.29 is 14.6 Å². The highest BCUT2D eigenvalue weighted by Gasteiger charge is 2.22. The Kier molecular flexibility index (Phi) is 5.86. The number of rotatable bonds is 7. The minimum atomic E-state index is -0.693. The van der Waals surface area contributed by atoms with E-state index in [1.54, 1.807) is 0 Å². The van der Waals surface area contributed by atoms with Gasteiger partial charge in [-0.2, -0.15) is 0 Å². The number of carbonyl (C=O) groups is 1. The molecule has 1 aliphatic rings. The summed E-state index contributed by atoms with van der Waals surface area (Å²) >= 11 is 3.42. The van der Waals surface area contributed by atoms with E-state index in [4.69, 9.17) is 9.84 Å². The number of carboxylic acid groups (broad SMARTS) is 1. The first-order valence-electron chi connectivity index (χ1n) is 6.96. The van der Waals surface area contributed by atoms with E-state index in [1.807, 2.05) is 24.3 Å². The Morgan fingerprint density at radius 1 is 1.50 bits per heavy atom. The first kappa shape index (κ1) is 15.3. The second-order valence-electron chi connectivity index (χ2n) is 5.19. The molecule has 1 fully saturated rings. The standard InChI is InChI=1S/C15H20BrNO3/c16-13-2-1-3-14(10-13)20-9-8-17-7-6-12(11-17)4-5-15(18)19/h1-3,10,12H,4-9,11H2,(H,18,19). The van der Waals surface area contributed by atoms with Gasteiger partial charge in [-0.25, -0.2) is 0 Å². The van der Waals surface area contributed by atoms with Crippen molar-refractivity contribution in [1.29, 1.82) is 0 Å². The zero-order chi connectivity index (χ0) is 14.4. The molecule has 0 aromatic heterocycles. The van der Waals surface area contributed by atoms with Gasteiger partial charge >= 0.3 is 5.97 Å². The lowest BCUT2D eigenvalue weighted by Gasteiger charge is -2.16. The van der Waals surface area contributed by atoms with Crippen molar-refractivity contribution >= 4 is 21.9 Å². The van der Waals surface area contributed by atoms with Gasteiger partial charge in [0.2, 0.25) is 0 Å². The summed E-state index contributed by atoms with van der Waals surface area (Å²) in [6.07, 6.45) is 2.18. The first-order valence-corrected chi connectivity index (χ1v) is 7.75. The van der Waals surface area contributed by atoms with Crippen LogP contribution in [0.3, 0.4) is 0 Å². The van der Waals surface area contributed by atoms with E-state index in [0.29, 0.717) is 12.5 Å². The summed E-state index contributed by atoms with van der Waals surface area (Å²) in [6, 6.07) is 7.83. The second-order valence-corrected chi connectivity index (χ2v) is 6.11. The molecule has 1 N–H and O–H groups in total. The molecule has 0 radical (unpaired) electrons. The van der Waals surface area contributed by atoms with Crippen LogP contribution in [-0.4, -0.2) is 42.2 Å². The number of aliphatic carboxylic acids is 1. The largest absolute Gasteiger partial charge is 0.492 e. The summed E-state index contributed by atoms with van der Waals surface area (Å²) in [5.41, 5.74) is 0. The van der Waals surface area contributed by atoms with Gasteiger partial charge in [0.05, 0.1) is 0 Å². The Morgan fingerprint density at radius 3 is 3.10 bits per heavy atom. The number of ether oxygens (including phenoxy) is 1. The highest BCUT2D eigenvalue weighted by molar-refractivity contribution is 9.10. The number of benzene rings is 1. The van der Waals surface area contributed by atoms with Gasteiger partial charge in [0.15, 0.2) is 0 Å². The molecule has 5 heteroatoms. The van der Waals surface area contributed by atoms with E-state index in [9.17, 15) is 4.79 Å². The Balaban J connectivity index is 1.64. The first-order chi connectivity index (χ1) is 9.63. The molecule has 0 saturated carbocycles. The molecule has 0 aliphatic carbocycles. The Bertz CT molecular complexity index is 452. The minimum absolute atomic E-state index is 0.285. The van der Waals surface area contributed by atoms with Crippen molar-refractivity contribution in [2.75, 3.05) is 26.2 Å². The molecule has 1 aromatic rings. The third-order valence-corrected chi connectivity index (χ3v) is 4.10. The fourth-order valence-corrected chi connectivity index (χ4v) is 2.91. The summed E-state index contributed by atoms with van der Waals surface area (Å²) in [4.78, 5) is 12.9. The molecule has 4 nitrogen and oxygen atoms in total. The monoisotopic (exact) mass is 341 g/mol. The molecule has 2 rings (SSSR count). The molecule has 1 saturated heterocycles. The number of hydrogen-bond donors (Lipinski definition) is 1. The maximum Gasteiger partial charge on any atom is 0.303 e. The van der Waals surface area contributed by atoms with E-state index in [0.717, 1.165) is 42.7 Å². The van der Waals surface area contributed by atoms with Gasteiger partial charge in [0, 0.05) is 24.0 Å². The zero-order valence-electron chi connectivity index (χ0n) is 11.4. The lowest BCUT2D eigenvalue weighted by atomic mass is 10.0. The van der Waals surface area contributed by atoms with E-state index >= 15 is 0 Å². The van der Waals surface area contributed by atoms with Crippen LogP contribution in [0.1, 0.15) is 19.3 Å². The molecule has 1 heterocycles. The SMILES string of the molecule is O=C(O)CCC1CCN(CCOc2cccc(Br)c2)C1. The van der Waals surface area contributed by atoms with Crippen molar-refractivity contribution in [3.05, 3.63) is 28.7 Å². The highest BCUT2D eigenvalue weighted by atomic mass is 79.9. The molecule has 0 spiro atoms. The van der Waals surface area contributed by atoms with Crippen molar-refractivity contribution in [3.63, 3.8) is 0 Å². The maximum atomic E-state index is 10.6. The van der Waals surface area contributed by atoms with Gasteiger partial charge in [-0.1, -0.05) is 22.0 Å². The molecule has 0 bridgehead atoms. The van der Waals surface area contributed by atoms with Gasteiger partial charge in [0.25, 0.3) is 0 Å². The number of carboxylic acids is 1. The van der Waals surface area contributed by atoms with Crippen LogP contribution in [0.15, 0.2) is 28.7 Å². The zero-order valence-corrected chi connectivity index (χ0v) is 13.0. The number of likely N-dealkylation sites (tertiary alicyclic amines) is 1. The normalized spacial score (nSPS) is 19.1. The number of halogens is 1. The molecular weight excluding hydrogens is 322 g/mol. The highest BCUT2D eigenvalue weighted by Crippen LogP contribution is 2.21. The van der Waals surface area contributed by atoms with Crippen LogP contribution in [0.25, 0.3) is 0 Å². The topological polar surface area (TPSA) is 49.8 Å². The summed E-state index contributed by atoms with van der Waals surface area (Å²) in [7, 11) is 0. The van der Waals surface area contributed by atoms with Gasteiger partial charge in [-0.05, 0) is 43.5 Å². The second kappa shape index (κ2) is 7.64. The Labute approximate surface area is 127 Å². The predicted octanol–water partition coefficient (Wildman–Crippen LogP) is 3.01. The van der Waals surface area contributed by atoms with E-state index in [-0.39, 0.29) is 6.42 Å². The van der Waals surface area contributed by atoms with Crippen LogP contribution in [0.5, 0.6) is 5.75 Å². The average Bonchev–Trinajstić information content (AvgIpc) is 2.84. The van der Waals surface area contributed by atoms with Crippen LogP contribution < -0.4 is 4.74 Å². The van der Waals surface area contributed by atoms with Crippen LogP contribution in [-0.2, 0) is 4.79 Å². The Morgan fingerprint density at radius 2 is 2.35 bits per heavy atom. The molecular formula is C15H20BrNO3. The van der Waals surface area contributed by atoms with Crippen molar-refractivity contribution in [1.82, 2.24) is 4.90 Å². The lowest BCUT2D eigenvalue weighted by Crippen LogP contribution is -2.26. The predicted molar refractivity (Wildman–Crippen MR) is 81.1 cm³/mol. The van der Waals surface area contributed by atoms with Crippen LogP contribution in [0.4, 0.5) is 0 Å². The van der Waals surface area contributed by atoms with Gasteiger partial charge in [-0.15, -0.1) is 0 Å². The quantitative estimate of drug-likeness (QED) is 0.828. The van der Waals surface area contributed by atoms with Gasteiger partial charge in [-0.3, -0.25) is 9.69 Å². The van der Waals surface area contributed by atoms with Crippen molar-refractivity contribution in [3.8, 4) is 5.75 Å². The minimum Gasteiger partial charge on any atom is -0.492 e. The molecule has 20 heavy (non-hydrogen) atoms. The molecule has 1 unspecified atom stereocenters. The van der Waals surface area contributed by atoms with E-state index in [1.165, 1.54) is 0 Å². The maximum absolute atomic E-state index is 10.6. The molecule has 110 valence electrons. The third-order valence-electron chi connectivity index (χ3n) is 3.61. The summed E-state index contributed by atoms with van der Waals surface area (Å²) in [5.74, 6) is 0.708. The van der Waals surface area contributed by atoms with Crippen LogP contribution in [0.2, 0.25) is 0 Å². The number of nitrogens with zero attached hydrogens (tertiary/aromatic N) is 1. The fourth-order valence-electron chi connectivity index (χ4n) is 2.53. The number of hydrogen-bond acceptors (Lipinski definition) is 3. The van der Waals surface area contributed by atoms with Crippen molar-refractivity contribution in [2.45, 2.75) is 19.3 Å². The molecule has 1 aromatic carbocycles. The third kappa shape index (κ3) is 5.13. The summed E-state index contributed by atoms with van der Waals surface area (Å²) in [6.45, 7) is 3.61. The lowest BCUT2D eigenvalue weighted by molar-refractivity contribution is -0.137. The molecule has 1 atom stereocenters. The van der Waals surface area contributed by atoms with Gasteiger partial charge < -0.3 is 9.84 Å². The Hall–Kier alpha value is -1.07. The van der Waals surface area contributed by atoms with E-state index < -0.39 is 5.97 Å². The van der Waals surface area contributed by atoms with Crippen molar-refractivity contribution in [2.24, 2.45) is 5.92 Å². The molecule has 0 amide bonds. The summed E-state index contributed by atoms with van der Waals surface area (Å²) in [5, 5.41) is 8.69. The van der Waals surface area contributed by atoms with Gasteiger partial charge in [0.1, 0.15) is 12.4 Å². The molecule has 1 aliphatic heterocycles. The smallest absolute Gasteiger partial charge is 0.303 e. The fraction of sp³-hybridized carbons (Fsp3) is 0.533. The average molecular weight is 342 g/mol. The van der Waals surface area contributed by atoms with Crippen LogP contribution in [0, 0.1) is 5.92 Å². The van der Waals surface area contributed by atoms with Crippen LogP contribution >= 0.6 is 15.9 Å².